The van der Waals surface area contributed by atoms with Gasteiger partial charge in [-0.3, -0.25) is 9.59 Å². The van der Waals surface area contributed by atoms with E-state index in [0.29, 0.717) is 24.9 Å². The second-order valence-corrected chi connectivity index (χ2v) is 6.96. The van der Waals surface area contributed by atoms with Crippen molar-refractivity contribution in [2.24, 2.45) is 5.92 Å². The second-order valence-electron chi connectivity index (χ2n) is 6.96. The van der Waals surface area contributed by atoms with E-state index in [2.05, 4.69) is 19.1 Å². The van der Waals surface area contributed by atoms with Crippen LogP contribution >= 0.6 is 0 Å². The molecule has 2 unspecified atom stereocenters. The van der Waals surface area contributed by atoms with Gasteiger partial charge >= 0.3 is 0 Å². The van der Waals surface area contributed by atoms with Crippen molar-refractivity contribution < 1.29 is 9.59 Å². The highest BCUT2D eigenvalue weighted by Crippen LogP contribution is 2.36. The van der Waals surface area contributed by atoms with Crippen LogP contribution in [0, 0.1) is 5.92 Å². The number of fused-ring (bicyclic) bond motifs is 1. The van der Waals surface area contributed by atoms with Crippen LogP contribution in [0.15, 0.2) is 24.3 Å². The summed E-state index contributed by atoms with van der Waals surface area (Å²) in [5, 5.41) is 0. The lowest BCUT2D eigenvalue weighted by molar-refractivity contribution is -0.137. The minimum Gasteiger partial charge on any atom is -0.343 e. The molecular weight excluding hydrogens is 288 g/mol. The third-order valence-corrected chi connectivity index (χ3v) is 5.49. The van der Waals surface area contributed by atoms with Crippen LogP contribution in [0.5, 0.6) is 0 Å². The van der Waals surface area contributed by atoms with E-state index in [9.17, 15) is 9.59 Å². The highest BCUT2D eigenvalue weighted by Gasteiger charge is 2.35. The summed E-state index contributed by atoms with van der Waals surface area (Å²) >= 11 is 0. The van der Waals surface area contributed by atoms with Crippen molar-refractivity contribution in [3.8, 4) is 0 Å². The fourth-order valence-electron chi connectivity index (χ4n) is 3.68. The van der Waals surface area contributed by atoms with Crippen LogP contribution in [0.4, 0.5) is 0 Å². The third kappa shape index (κ3) is 3.26. The van der Waals surface area contributed by atoms with Crippen molar-refractivity contribution in [1.82, 2.24) is 9.80 Å². The molecule has 1 heterocycles. The van der Waals surface area contributed by atoms with E-state index in [1.165, 1.54) is 18.4 Å². The van der Waals surface area contributed by atoms with Gasteiger partial charge in [0.1, 0.15) is 0 Å². The molecule has 1 aliphatic heterocycles. The van der Waals surface area contributed by atoms with Gasteiger partial charge in [-0.2, -0.15) is 0 Å². The van der Waals surface area contributed by atoms with E-state index in [1.54, 1.807) is 6.92 Å². The van der Waals surface area contributed by atoms with Crippen LogP contribution in [0.2, 0.25) is 0 Å². The highest BCUT2D eigenvalue weighted by atomic mass is 16.2. The molecule has 0 aromatic heterocycles. The van der Waals surface area contributed by atoms with Gasteiger partial charge in [0, 0.05) is 26.6 Å². The number of rotatable bonds is 4. The van der Waals surface area contributed by atoms with E-state index >= 15 is 0 Å². The fraction of sp³-hybridized carbons (Fsp3) is 0.579. The van der Waals surface area contributed by atoms with Crippen molar-refractivity contribution >= 4 is 11.8 Å². The first-order chi connectivity index (χ1) is 11.0. The summed E-state index contributed by atoms with van der Waals surface area (Å²) in [5.41, 5.74) is 2.40. The average Bonchev–Trinajstić information content (AvgIpc) is 3.38. The van der Waals surface area contributed by atoms with Crippen molar-refractivity contribution in [3.63, 3.8) is 0 Å². The molecule has 2 atom stereocenters. The molecule has 0 radical (unpaired) electrons. The Bertz CT molecular complexity index is 609. The lowest BCUT2D eigenvalue weighted by Crippen LogP contribution is -2.43. The number of hydrogen-bond acceptors (Lipinski definition) is 2. The predicted octanol–water partition coefficient (Wildman–Crippen LogP) is 2.78. The Morgan fingerprint density at radius 1 is 1.30 bits per heavy atom. The Kier molecular flexibility index (Phi) is 4.42. The molecule has 1 aromatic rings. The largest absolute Gasteiger partial charge is 0.343 e. The van der Waals surface area contributed by atoms with Gasteiger partial charge in [-0.25, -0.2) is 0 Å². The zero-order valence-corrected chi connectivity index (χ0v) is 14.3. The van der Waals surface area contributed by atoms with Crippen LogP contribution in [0.25, 0.3) is 0 Å². The second kappa shape index (κ2) is 6.34. The van der Waals surface area contributed by atoms with E-state index in [4.69, 9.17) is 0 Å². The van der Waals surface area contributed by atoms with Gasteiger partial charge in [0.15, 0.2) is 0 Å². The molecule has 2 amide bonds. The standard InChI is InChI=1S/C19H26N2O2/c1-13(15-8-9-15)20(3)19(23)12-18-17-7-5-4-6-16(17)10-11-21(18)14(2)22/h4-7,13,15,18H,8-12H2,1-3H3. The van der Waals surface area contributed by atoms with Gasteiger partial charge in [-0.05, 0) is 43.2 Å². The Labute approximate surface area is 138 Å². The van der Waals surface area contributed by atoms with Gasteiger partial charge in [0.05, 0.1) is 12.5 Å². The molecule has 0 bridgehead atoms. The summed E-state index contributed by atoms with van der Waals surface area (Å²) < 4.78 is 0. The molecule has 23 heavy (non-hydrogen) atoms. The van der Waals surface area contributed by atoms with Gasteiger partial charge in [0.2, 0.25) is 11.8 Å². The molecule has 3 rings (SSSR count). The smallest absolute Gasteiger partial charge is 0.224 e. The fourth-order valence-corrected chi connectivity index (χ4v) is 3.68. The molecule has 2 aliphatic rings. The molecule has 4 nitrogen and oxygen atoms in total. The maximum absolute atomic E-state index is 12.8. The number of benzene rings is 1. The topological polar surface area (TPSA) is 40.6 Å². The predicted molar refractivity (Wildman–Crippen MR) is 89.8 cm³/mol. The lowest BCUT2D eigenvalue weighted by Gasteiger charge is -2.37. The minimum atomic E-state index is -0.126. The Morgan fingerprint density at radius 3 is 2.65 bits per heavy atom. The number of carbonyl (C=O) groups excluding carboxylic acids is 2. The van der Waals surface area contributed by atoms with Gasteiger partial charge < -0.3 is 9.80 Å². The Hall–Kier alpha value is -1.84. The van der Waals surface area contributed by atoms with Crippen LogP contribution in [0.3, 0.4) is 0 Å². The molecule has 124 valence electrons. The van der Waals surface area contributed by atoms with Crippen LogP contribution < -0.4 is 0 Å². The summed E-state index contributed by atoms with van der Waals surface area (Å²) in [6.45, 7) is 4.43. The Morgan fingerprint density at radius 2 is 2.00 bits per heavy atom. The maximum atomic E-state index is 12.8. The molecule has 1 fully saturated rings. The molecule has 1 saturated carbocycles. The van der Waals surface area contributed by atoms with Crippen molar-refractivity contribution in [3.05, 3.63) is 35.4 Å². The zero-order valence-electron chi connectivity index (χ0n) is 14.3. The summed E-state index contributed by atoms with van der Waals surface area (Å²) in [4.78, 5) is 28.5. The minimum absolute atomic E-state index is 0.0511. The van der Waals surface area contributed by atoms with Crippen LogP contribution in [-0.4, -0.2) is 41.2 Å². The van der Waals surface area contributed by atoms with E-state index in [1.807, 2.05) is 29.0 Å². The van der Waals surface area contributed by atoms with E-state index < -0.39 is 0 Å². The van der Waals surface area contributed by atoms with E-state index in [-0.39, 0.29) is 17.9 Å². The van der Waals surface area contributed by atoms with Crippen molar-refractivity contribution in [2.75, 3.05) is 13.6 Å². The number of carbonyl (C=O) groups is 2. The molecule has 0 spiro atoms. The molecular formula is C19H26N2O2. The molecule has 0 saturated heterocycles. The lowest BCUT2D eigenvalue weighted by atomic mass is 9.90. The SMILES string of the molecule is CC(=O)N1CCc2ccccc2C1CC(=O)N(C)C(C)C1CC1. The third-order valence-electron chi connectivity index (χ3n) is 5.49. The van der Waals surface area contributed by atoms with Crippen molar-refractivity contribution in [1.29, 1.82) is 0 Å². The molecule has 1 aliphatic carbocycles. The average molecular weight is 314 g/mol. The van der Waals surface area contributed by atoms with Gasteiger partial charge in [-0.1, -0.05) is 24.3 Å². The van der Waals surface area contributed by atoms with E-state index in [0.717, 1.165) is 12.0 Å². The first kappa shape index (κ1) is 16.0. The summed E-state index contributed by atoms with van der Waals surface area (Å²) in [6.07, 6.45) is 3.70. The zero-order chi connectivity index (χ0) is 16.6. The van der Waals surface area contributed by atoms with Crippen LogP contribution in [0.1, 0.15) is 50.3 Å². The van der Waals surface area contributed by atoms with Crippen molar-refractivity contribution in [2.45, 2.75) is 51.6 Å². The summed E-state index contributed by atoms with van der Waals surface area (Å²) in [6, 6.07) is 8.37. The van der Waals surface area contributed by atoms with Gasteiger partial charge in [0.25, 0.3) is 0 Å². The molecule has 1 aromatic carbocycles. The Balaban J connectivity index is 1.80. The first-order valence-corrected chi connectivity index (χ1v) is 8.59. The first-order valence-electron chi connectivity index (χ1n) is 8.59. The number of hydrogen-bond donors (Lipinski definition) is 0. The monoisotopic (exact) mass is 314 g/mol. The normalized spacial score (nSPS) is 21.5. The quantitative estimate of drug-likeness (QED) is 0.857. The highest BCUT2D eigenvalue weighted by molar-refractivity contribution is 5.80. The van der Waals surface area contributed by atoms with Gasteiger partial charge in [-0.15, -0.1) is 0 Å². The summed E-state index contributed by atoms with van der Waals surface area (Å²) in [5.74, 6) is 0.846. The molecule has 0 N–H and O–H groups in total. The number of amides is 2. The summed E-state index contributed by atoms with van der Waals surface area (Å²) in [7, 11) is 1.90. The van der Waals surface area contributed by atoms with Crippen LogP contribution in [-0.2, 0) is 16.0 Å². The number of nitrogens with zero attached hydrogens (tertiary/aromatic N) is 2. The maximum Gasteiger partial charge on any atom is 0.224 e. The molecule has 4 heteroatoms.